The van der Waals surface area contributed by atoms with Crippen molar-refractivity contribution in [3.05, 3.63) is 78.0 Å². The van der Waals surface area contributed by atoms with Crippen LogP contribution < -0.4 is 0 Å². The zero-order chi connectivity index (χ0) is 22.2. The standard InChI is InChI=1S/C24H21NO6/c1-3-30-20(26)13-14-21(27)31-15-19-23(24(28)29-2)22(16-9-5-4-6-10-16)17-11-7-8-12-18(17)25-19/h4-14H,3,15H2,1-2H3/b14-13+. The second kappa shape index (κ2) is 10.2. The molecule has 0 saturated carbocycles. The molecular weight excluding hydrogens is 398 g/mol. The minimum absolute atomic E-state index is 0.198. The van der Waals surface area contributed by atoms with Gasteiger partial charge in [0.05, 0.1) is 30.5 Å². The van der Waals surface area contributed by atoms with Crippen molar-refractivity contribution in [2.24, 2.45) is 0 Å². The molecule has 0 amide bonds. The van der Waals surface area contributed by atoms with E-state index in [2.05, 4.69) is 4.98 Å². The molecule has 2 aromatic carbocycles. The first kappa shape index (κ1) is 21.7. The van der Waals surface area contributed by atoms with Gasteiger partial charge in [-0.2, -0.15) is 0 Å². The van der Waals surface area contributed by atoms with Gasteiger partial charge in [0.15, 0.2) is 0 Å². The van der Waals surface area contributed by atoms with E-state index in [0.717, 1.165) is 23.1 Å². The molecule has 0 aliphatic carbocycles. The van der Waals surface area contributed by atoms with Gasteiger partial charge in [0, 0.05) is 23.1 Å². The third-order valence-electron chi connectivity index (χ3n) is 4.41. The molecule has 3 aromatic rings. The van der Waals surface area contributed by atoms with E-state index < -0.39 is 17.9 Å². The fourth-order valence-corrected chi connectivity index (χ4v) is 3.11. The van der Waals surface area contributed by atoms with E-state index >= 15 is 0 Å². The number of pyridine rings is 1. The number of benzene rings is 2. The van der Waals surface area contributed by atoms with E-state index in [1.165, 1.54) is 7.11 Å². The molecule has 31 heavy (non-hydrogen) atoms. The number of nitrogens with zero attached hydrogens (tertiary/aromatic N) is 1. The maximum Gasteiger partial charge on any atom is 0.340 e. The summed E-state index contributed by atoms with van der Waals surface area (Å²) in [6, 6.07) is 16.7. The lowest BCUT2D eigenvalue weighted by Crippen LogP contribution is -2.13. The van der Waals surface area contributed by atoms with Gasteiger partial charge < -0.3 is 14.2 Å². The number of para-hydroxylation sites is 1. The molecule has 1 heterocycles. The van der Waals surface area contributed by atoms with Gasteiger partial charge in [-0.05, 0) is 18.6 Å². The number of rotatable bonds is 7. The third kappa shape index (κ3) is 5.14. The number of carbonyl (C=O) groups is 3. The number of ether oxygens (including phenoxy) is 3. The molecule has 0 atom stereocenters. The Kier molecular flexibility index (Phi) is 7.11. The van der Waals surface area contributed by atoms with Gasteiger partial charge in [0.1, 0.15) is 6.61 Å². The SMILES string of the molecule is CCOC(=O)/C=C/C(=O)OCc1nc2ccccc2c(-c2ccccc2)c1C(=O)OC. The fraction of sp³-hybridized carbons (Fsp3) is 0.167. The number of hydrogen-bond donors (Lipinski definition) is 0. The summed E-state index contributed by atoms with van der Waals surface area (Å²) in [5.41, 5.74) is 2.56. The Morgan fingerprint density at radius 3 is 2.23 bits per heavy atom. The summed E-state index contributed by atoms with van der Waals surface area (Å²) in [7, 11) is 1.28. The Morgan fingerprint density at radius 1 is 0.903 bits per heavy atom. The minimum atomic E-state index is -0.764. The molecule has 158 valence electrons. The third-order valence-corrected chi connectivity index (χ3v) is 4.41. The average molecular weight is 419 g/mol. The van der Waals surface area contributed by atoms with E-state index in [1.807, 2.05) is 54.6 Å². The topological polar surface area (TPSA) is 91.8 Å². The maximum absolute atomic E-state index is 12.7. The Bertz CT molecular complexity index is 1140. The van der Waals surface area contributed by atoms with Crippen molar-refractivity contribution in [3.8, 4) is 11.1 Å². The molecular formula is C24H21NO6. The molecule has 0 radical (unpaired) electrons. The fourth-order valence-electron chi connectivity index (χ4n) is 3.11. The number of hydrogen-bond acceptors (Lipinski definition) is 7. The molecule has 0 N–H and O–H groups in total. The highest BCUT2D eigenvalue weighted by molar-refractivity contribution is 6.07. The quantitative estimate of drug-likeness (QED) is 0.326. The molecule has 0 unspecified atom stereocenters. The Hall–Kier alpha value is -4.00. The molecule has 0 fully saturated rings. The molecule has 0 aliphatic heterocycles. The van der Waals surface area contributed by atoms with Crippen molar-refractivity contribution in [3.63, 3.8) is 0 Å². The van der Waals surface area contributed by atoms with E-state index in [0.29, 0.717) is 11.1 Å². The predicted molar refractivity (Wildman–Crippen MR) is 114 cm³/mol. The Labute approximate surface area is 179 Å². The van der Waals surface area contributed by atoms with Gasteiger partial charge in [-0.3, -0.25) is 0 Å². The summed E-state index contributed by atoms with van der Waals surface area (Å²) in [6.07, 6.45) is 1.95. The first-order valence-electron chi connectivity index (χ1n) is 9.62. The highest BCUT2D eigenvalue weighted by Crippen LogP contribution is 2.33. The summed E-state index contributed by atoms with van der Waals surface area (Å²) in [4.78, 5) is 40.7. The molecule has 0 aliphatic rings. The lowest BCUT2D eigenvalue weighted by molar-refractivity contribution is -0.141. The molecule has 0 saturated heterocycles. The van der Waals surface area contributed by atoms with Crippen LogP contribution in [0.1, 0.15) is 23.0 Å². The van der Waals surface area contributed by atoms with Crippen LogP contribution in [0.3, 0.4) is 0 Å². The van der Waals surface area contributed by atoms with Crippen LogP contribution >= 0.6 is 0 Å². The monoisotopic (exact) mass is 419 g/mol. The van der Waals surface area contributed by atoms with Crippen molar-refractivity contribution in [1.82, 2.24) is 4.98 Å². The largest absolute Gasteiger partial charge is 0.465 e. The minimum Gasteiger partial charge on any atom is -0.465 e. The first-order valence-corrected chi connectivity index (χ1v) is 9.62. The van der Waals surface area contributed by atoms with E-state index in [9.17, 15) is 14.4 Å². The summed E-state index contributed by atoms with van der Waals surface area (Å²) in [5, 5.41) is 0.770. The van der Waals surface area contributed by atoms with Gasteiger partial charge in [-0.1, -0.05) is 48.5 Å². The van der Waals surface area contributed by atoms with Crippen LogP contribution in [0.25, 0.3) is 22.0 Å². The van der Waals surface area contributed by atoms with Crippen LogP contribution in [0, 0.1) is 0 Å². The maximum atomic E-state index is 12.7. The highest BCUT2D eigenvalue weighted by atomic mass is 16.5. The lowest BCUT2D eigenvalue weighted by atomic mass is 9.94. The molecule has 7 heteroatoms. The van der Waals surface area contributed by atoms with Crippen LogP contribution in [0.4, 0.5) is 0 Å². The van der Waals surface area contributed by atoms with E-state index in [4.69, 9.17) is 14.2 Å². The Balaban J connectivity index is 2.04. The van der Waals surface area contributed by atoms with Gasteiger partial charge in [-0.15, -0.1) is 0 Å². The van der Waals surface area contributed by atoms with Crippen molar-refractivity contribution in [2.45, 2.75) is 13.5 Å². The van der Waals surface area contributed by atoms with Crippen molar-refractivity contribution < 1.29 is 28.6 Å². The second-order valence-electron chi connectivity index (χ2n) is 6.38. The zero-order valence-electron chi connectivity index (χ0n) is 17.2. The first-order chi connectivity index (χ1) is 15.0. The number of fused-ring (bicyclic) bond motifs is 1. The average Bonchev–Trinajstić information content (AvgIpc) is 2.80. The molecule has 7 nitrogen and oxygen atoms in total. The summed E-state index contributed by atoms with van der Waals surface area (Å²) in [5.74, 6) is -2.00. The molecule has 0 bridgehead atoms. The van der Waals surface area contributed by atoms with Gasteiger partial charge in [0.25, 0.3) is 0 Å². The van der Waals surface area contributed by atoms with Crippen LogP contribution in [0.5, 0.6) is 0 Å². The number of carbonyl (C=O) groups excluding carboxylic acids is 3. The van der Waals surface area contributed by atoms with E-state index in [-0.39, 0.29) is 24.5 Å². The van der Waals surface area contributed by atoms with Crippen LogP contribution in [0.15, 0.2) is 66.7 Å². The summed E-state index contributed by atoms with van der Waals surface area (Å²) >= 11 is 0. The molecule has 1 aromatic heterocycles. The zero-order valence-corrected chi connectivity index (χ0v) is 17.2. The predicted octanol–water partition coefficient (Wildman–Crippen LogP) is 3.85. The smallest absolute Gasteiger partial charge is 0.340 e. The number of methoxy groups -OCH3 is 1. The van der Waals surface area contributed by atoms with Crippen molar-refractivity contribution in [2.75, 3.05) is 13.7 Å². The van der Waals surface area contributed by atoms with Crippen LogP contribution in [-0.2, 0) is 30.4 Å². The second-order valence-corrected chi connectivity index (χ2v) is 6.38. The number of aromatic nitrogens is 1. The highest BCUT2D eigenvalue weighted by Gasteiger charge is 2.23. The number of esters is 3. The Morgan fingerprint density at radius 2 is 1.55 bits per heavy atom. The summed E-state index contributed by atoms with van der Waals surface area (Å²) in [6.45, 7) is 1.58. The molecule has 0 spiro atoms. The van der Waals surface area contributed by atoms with Crippen molar-refractivity contribution >= 4 is 28.8 Å². The van der Waals surface area contributed by atoms with Gasteiger partial charge in [0.2, 0.25) is 0 Å². The summed E-state index contributed by atoms with van der Waals surface area (Å²) < 4.78 is 15.0. The van der Waals surface area contributed by atoms with Crippen LogP contribution in [-0.4, -0.2) is 36.6 Å². The van der Waals surface area contributed by atoms with Crippen molar-refractivity contribution in [1.29, 1.82) is 0 Å². The molecule has 3 rings (SSSR count). The lowest BCUT2D eigenvalue weighted by Gasteiger charge is -2.16. The van der Waals surface area contributed by atoms with E-state index in [1.54, 1.807) is 6.92 Å². The van der Waals surface area contributed by atoms with Gasteiger partial charge in [-0.25, -0.2) is 19.4 Å². The van der Waals surface area contributed by atoms with Crippen LogP contribution in [0.2, 0.25) is 0 Å². The van der Waals surface area contributed by atoms with Gasteiger partial charge >= 0.3 is 17.9 Å². The normalized spacial score (nSPS) is 10.8.